The lowest BCUT2D eigenvalue weighted by molar-refractivity contribution is 0.296. The summed E-state index contributed by atoms with van der Waals surface area (Å²) in [4.78, 5) is 0. The number of hydrogen-bond donors (Lipinski definition) is 0. The second kappa shape index (κ2) is 6.40. The summed E-state index contributed by atoms with van der Waals surface area (Å²) in [5, 5.41) is 8.84. The molecule has 0 amide bonds. The quantitative estimate of drug-likeness (QED) is 0.846. The van der Waals surface area contributed by atoms with Crippen LogP contribution in [0.4, 0.5) is 4.39 Å². The molecule has 0 N–H and O–H groups in total. The van der Waals surface area contributed by atoms with E-state index in [1.54, 1.807) is 30.3 Å². The van der Waals surface area contributed by atoms with E-state index in [4.69, 9.17) is 14.7 Å². The molecule has 0 aliphatic rings. The molecule has 0 spiro atoms. The smallest absolute Gasteiger partial charge is 0.137 e. The first-order valence-corrected chi connectivity index (χ1v) is 6.58. The SMILES string of the molecule is COc1cc(C#N)ccc1COc1ccc(F)c(Br)c1. The summed E-state index contributed by atoms with van der Waals surface area (Å²) in [6, 6.07) is 11.6. The number of nitriles is 1. The second-order valence-corrected chi connectivity index (χ2v) is 4.86. The van der Waals surface area contributed by atoms with Gasteiger partial charge < -0.3 is 9.47 Å². The van der Waals surface area contributed by atoms with E-state index >= 15 is 0 Å². The van der Waals surface area contributed by atoms with Gasteiger partial charge in [-0.15, -0.1) is 0 Å². The van der Waals surface area contributed by atoms with Gasteiger partial charge >= 0.3 is 0 Å². The van der Waals surface area contributed by atoms with E-state index in [2.05, 4.69) is 15.9 Å². The van der Waals surface area contributed by atoms with Gasteiger partial charge in [0.25, 0.3) is 0 Å². The third kappa shape index (κ3) is 3.28. The van der Waals surface area contributed by atoms with Gasteiger partial charge in [0.1, 0.15) is 23.9 Å². The van der Waals surface area contributed by atoms with Gasteiger partial charge in [-0.05, 0) is 46.3 Å². The lowest BCUT2D eigenvalue weighted by Gasteiger charge is -2.11. The minimum Gasteiger partial charge on any atom is -0.496 e. The fourth-order valence-corrected chi connectivity index (χ4v) is 2.02. The van der Waals surface area contributed by atoms with E-state index in [1.807, 2.05) is 6.07 Å². The van der Waals surface area contributed by atoms with Crippen LogP contribution in [0.1, 0.15) is 11.1 Å². The van der Waals surface area contributed by atoms with Crippen LogP contribution >= 0.6 is 15.9 Å². The fraction of sp³-hybridized carbons (Fsp3) is 0.133. The molecule has 2 rings (SSSR count). The zero-order valence-electron chi connectivity index (χ0n) is 10.7. The minimum absolute atomic E-state index is 0.271. The molecule has 0 aliphatic carbocycles. The van der Waals surface area contributed by atoms with Crippen LogP contribution in [0.25, 0.3) is 0 Å². The highest BCUT2D eigenvalue weighted by atomic mass is 79.9. The van der Waals surface area contributed by atoms with Crippen molar-refractivity contribution < 1.29 is 13.9 Å². The van der Waals surface area contributed by atoms with Gasteiger partial charge in [-0.25, -0.2) is 4.39 Å². The van der Waals surface area contributed by atoms with Crippen LogP contribution in [-0.2, 0) is 6.61 Å². The summed E-state index contributed by atoms with van der Waals surface area (Å²) in [6.45, 7) is 0.271. The van der Waals surface area contributed by atoms with Crippen molar-refractivity contribution in [3.05, 3.63) is 57.8 Å². The molecule has 0 unspecified atom stereocenters. The van der Waals surface area contributed by atoms with Crippen molar-refractivity contribution in [2.45, 2.75) is 6.61 Å². The summed E-state index contributed by atoms with van der Waals surface area (Å²) in [5.41, 5.74) is 1.34. The van der Waals surface area contributed by atoms with Crippen LogP contribution in [0.2, 0.25) is 0 Å². The molecule has 0 fully saturated rings. The normalized spacial score (nSPS) is 9.90. The Hall–Kier alpha value is -2.06. The predicted octanol–water partition coefficient (Wildman–Crippen LogP) is 4.05. The summed E-state index contributed by atoms with van der Waals surface area (Å²) >= 11 is 3.10. The first-order valence-electron chi connectivity index (χ1n) is 5.79. The predicted molar refractivity (Wildman–Crippen MR) is 76.1 cm³/mol. The number of benzene rings is 2. The Morgan fingerprint density at radius 2 is 2.05 bits per heavy atom. The molecule has 0 aromatic heterocycles. The van der Waals surface area contributed by atoms with E-state index in [0.717, 1.165) is 5.56 Å². The average Bonchev–Trinajstić information content (AvgIpc) is 2.48. The van der Waals surface area contributed by atoms with E-state index in [9.17, 15) is 4.39 Å². The molecular weight excluding hydrogens is 325 g/mol. The standard InChI is InChI=1S/C15H11BrFNO2/c1-19-15-6-10(8-18)2-3-11(15)9-20-12-4-5-14(17)13(16)7-12/h2-7H,9H2,1H3. The number of nitrogens with zero attached hydrogens (tertiary/aromatic N) is 1. The maximum atomic E-state index is 13.1. The van der Waals surface area contributed by atoms with Crippen LogP contribution < -0.4 is 9.47 Å². The number of ether oxygens (including phenoxy) is 2. The number of methoxy groups -OCH3 is 1. The summed E-state index contributed by atoms with van der Waals surface area (Å²) < 4.78 is 24.3. The molecule has 5 heteroatoms. The number of hydrogen-bond acceptors (Lipinski definition) is 3. The van der Waals surface area contributed by atoms with E-state index in [1.165, 1.54) is 13.2 Å². The summed E-state index contributed by atoms with van der Waals surface area (Å²) in [6.07, 6.45) is 0. The van der Waals surface area contributed by atoms with Crippen molar-refractivity contribution in [2.75, 3.05) is 7.11 Å². The van der Waals surface area contributed by atoms with Crippen molar-refractivity contribution in [3.8, 4) is 17.6 Å². The van der Waals surface area contributed by atoms with Crippen LogP contribution in [0.3, 0.4) is 0 Å². The van der Waals surface area contributed by atoms with E-state index in [-0.39, 0.29) is 12.4 Å². The molecular formula is C15H11BrFNO2. The zero-order chi connectivity index (χ0) is 14.5. The molecule has 0 radical (unpaired) electrons. The number of halogens is 2. The molecule has 20 heavy (non-hydrogen) atoms. The summed E-state index contributed by atoms with van der Waals surface area (Å²) in [5.74, 6) is 0.795. The Morgan fingerprint density at radius 1 is 1.25 bits per heavy atom. The highest BCUT2D eigenvalue weighted by Gasteiger charge is 2.07. The first kappa shape index (κ1) is 14.4. The Balaban J connectivity index is 2.14. The van der Waals surface area contributed by atoms with Crippen LogP contribution in [0.5, 0.6) is 11.5 Å². The molecule has 0 bridgehead atoms. The van der Waals surface area contributed by atoms with Gasteiger partial charge in [-0.1, -0.05) is 6.07 Å². The van der Waals surface area contributed by atoms with Gasteiger partial charge in [0.05, 0.1) is 23.2 Å². The highest BCUT2D eigenvalue weighted by Crippen LogP contribution is 2.25. The van der Waals surface area contributed by atoms with Crippen LogP contribution in [-0.4, -0.2) is 7.11 Å². The Kier molecular flexibility index (Phi) is 4.59. The fourth-order valence-electron chi connectivity index (χ4n) is 1.66. The van der Waals surface area contributed by atoms with E-state index in [0.29, 0.717) is 21.5 Å². The van der Waals surface area contributed by atoms with Crippen molar-refractivity contribution in [3.63, 3.8) is 0 Å². The average molecular weight is 336 g/mol. The molecule has 0 saturated carbocycles. The minimum atomic E-state index is -0.340. The molecule has 0 saturated heterocycles. The van der Waals surface area contributed by atoms with Crippen molar-refractivity contribution in [1.29, 1.82) is 5.26 Å². The van der Waals surface area contributed by atoms with Crippen molar-refractivity contribution in [2.24, 2.45) is 0 Å². The molecule has 2 aromatic rings. The molecule has 102 valence electrons. The van der Waals surface area contributed by atoms with Gasteiger partial charge in [-0.2, -0.15) is 5.26 Å². The third-order valence-corrected chi connectivity index (χ3v) is 3.31. The Morgan fingerprint density at radius 3 is 2.70 bits per heavy atom. The van der Waals surface area contributed by atoms with Crippen molar-refractivity contribution >= 4 is 15.9 Å². The third-order valence-electron chi connectivity index (χ3n) is 2.70. The topological polar surface area (TPSA) is 42.2 Å². The van der Waals surface area contributed by atoms with Crippen LogP contribution in [0, 0.1) is 17.1 Å². The van der Waals surface area contributed by atoms with Crippen molar-refractivity contribution in [1.82, 2.24) is 0 Å². The Labute approximate surface area is 124 Å². The first-order chi connectivity index (χ1) is 9.63. The number of rotatable bonds is 4. The second-order valence-electron chi connectivity index (χ2n) is 4.00. The van der Waals surface area contributed by atoms with Gasteiger partial charge in [0.15, 0.2) is 0 Å². The molecule has 2 aromatic carbocycles. The van der Waals surface area contributed by atoms with E-state index < -0.39 is 0 Å². The van der Waals surface area contributed by atoms with Crippen LogP contribution in [0.15, 0.2) is 40.9 Å². The summed E-state index contributed by atoms with van der Waals surface area (Å²) in [7, 11) is 1.54. The zero-order valence-corrected chi connectivity index (χ0v) is 12.3. The molecule has 0 heterocycles. The molecule has 0 atom stereocenters. The largest absolute Gasteiger partial charge is 0.496 e. The lowest BCUT2D eigenvalue weighted by atomic mass is 10.1. The van der Waals surface area contributed by atoms with Gasteiger partial charge in [0.2, 0.25) is 0 Å². The molecule has 3 nitrogen and oxygen atoms in total. The molecule has 0 aliphatic heterocycles. The lowest BCUT2D eigenvalue weighted by Crippen LogP contribution is -1.99. The maximum Gasteiger partial charge on any atom is 0.137 e. The van der Waals surface area contributed by atoms with Gasteiger partial charge in [-0.3, -0.25) is 0 Å². The Bertz CT molecular complexity index is 667. The highest BCUT2D eigenvalue weighted by molar-refractivity contribution is 9.10. The van der Waals surface area contributed by atoms with Gasteiger partial charge in [0, 0.05) is 5.56 Å². The maximum absolute atomic E-state index is 13.1. The monoisotopic (exact) mass is 335 g/mol.